The van der Waals surface area contributed by atoms with Crippen LogP contribution in [0.5, 0.6) is 0 Å². The number of nitrogens with zero attached hydrogens (tertiary/aromatic N) is 2. The third-order valence-corrected chi connectivity index (χ3v) is 3.77. The minimum atomic E-state index is 0.133. The summed E-state index contributed by atoms with van der Waals surface area (Å²) in [6.45, 7) is 2.75. The second-order valence-corrected chi connectivity index (χ2v) is 5.41. The summed E-state index contributed by atoms with van der Waals surface area (Å²) in [5.74, 6) is 0.540. The van der Waals surface area contributed by atoms with Crippen LogP contribution in [0.15, 0.2) is 53.5 Å². The molecule has 2 aromatic rings. The van der Waals surface area contributed by atoms with E-state index in [1.54, 1.807) is 0 Å². The highest BCUT2D eigenvalue weighted by Crippen LogP contribution is 2.32. The summed E-state index contributed by atoms with van der Waals surface area (Å²) in [5.41, 5.74) is 9.48. The van der Waals surface area contributed by atoms with Gasteiger partial charge < -0.3 is 10.6 Å². The lowest BCUT2D eigenvalue weighted by Crippen LogP contribution is -2.36. The van der Waals surface area contributed by atoms with E-state index in [2.05, 4.69) is 36.2 Å². The minimum absolute atomic E-state index is 0.133. The topological polar surface area (TPSA) is 41.6 Å². The molecule has 1 heterocycles. The number of benzene rings is 2. The molecule has 3 nitrogen and oxygen atoms in total. The first-order valence-corrected chi connectivity index (χ1v) is 6.94. The minimum Gasteiger partial charge on any atom is -0.369 e. The van der Waals surface area contributed by atoms with Gasteiger partial charge in [-0.1, -0.05) is 47.5 Å². The average Bonchev–Trinajstić information content (AvgIpc) is 2.81. The van der Waals surface area contributed by atoms with Crippen molar-refractivity contribution in [1.29, 1.82) is 0 Å². The summed E-state index contributed by atoms with van der Waals surface area (Å²) in [5, 5.41) is 0.699. The molecule has 1 aliphatic rings. The molecular weight excluding hydrogens is 270 g/mol. The fourth-order valence-corrected chi connectivity index (χ4v) is 2.66. The van der Waals surface area contributed by atoms with E-state index < -0.39 is 0 Å². The third kappa shape index (κ3) is 2.37. The molecular formula is C16H16ClN3. The molecule has 0 bridgehead atoms. The quantitative estimate of drug-likeness (QED) is 0.917. The first-order chi connectivity index (χ1) is 9.65. The number of guanidine groups is 1. The molecule has 4 heteroatoms. The molecule has 0 amide bonds. The Morgan fingerprint density at radius 1 is 1.20 bits per heavy atom. The second-order valence-electron chi connectivity index (χ2n) is 4.98. The molecule has 0 radical (unpaired) electrons. The lowest BCUT2D eigenvalue weighted by atomic mass is 10.0. The fourth-order valence-electron chi connectivity index (χ4n) is 2.48. The molecule has 2 aromatic carbocycles. The van der Waals surface area contributed by atoms with Crippen LogP contribution in [0.1, 0.15) is 17.2 Å². The van der Waals surface area contributed by atoms with Gasteiger partial charge in [-0.15, -0.1) is 0 Å². The van der Waals surface area contributed by atoms with Gasteiger partial charge >= 0.3 is 0 Å². The second kappa shape index (κ2) is 5.17. The molecule has 0 saturated carbocycles. The van der Waals surface area contributed by atoms with Crippen molar-refractivity contribution >= 4 is 23.2 Å². The van der Waals surface area contributed by atoms with Gasteiger partial charge in [0.2, 0.25) is 0 Å². The number of rotatable bonds is 2. The van der Waals surface area contributed by atoms with Gasteiger partial charge in [-0.2, -0.15) is 0 Å². The van der Waals surface area contributed by atoms with E-state index in [0.29, 0.717) is 17.5 Å². The molecule has 20 heavy (non-hydrogen) atoms. The van der Waals surface area contributed by atoms with Gasteiger partial charge in [0.05, 0.1) is 12.6 Å². The summed E-state index contributed by atoms with van der Waals surface area (Å²) in [4.78, 5) is 6.42. The highest BCUT2D eigenvalue weighted by Gasteiger charge is 2.28. The summed E-state index contributed by atoms with van der Waals surface area (Å²) in [7, 11) is 0. The van der Waals surface area contributed by atoms with E-state index in [1.165, 1.54) is 11.1 Å². The molecule has 2 N–H and O–H groups in total. The summed E-state index contributed by atoms with van der Waals surface area (Å²) < 4.78 is 0. The number of aryl methyl sites for hydroxylation is 1. The van der Waals surface area contributed by atoms with Crippen LogP contribution in [0.4, 0.5) is 5.69 Å². The molecule has 0 aliphatic carbocycles. The number of hydrogen-bond acceptors (Lipinski definition) is 3. The Labute approximate surface area is 123 Å². The molecule has 0 aromatic heterocycles. The Hall–Kier alpha value is -2.00. The van der Waals surface area contributed by atoms with Crippen molar-refractivity contribution in [3.8, 4) is 0 Å². The van der Waals surface area contributed by atoms with E-state index in [-0.39, 0.29) is 6.04 Å². The third-order valence-electron chi connectivity index (χ3n) is 3.53. The van der Waals surface area contributed by atoms with Crippen LogP contribution in [-0.2, 0) is 0 Å². The highest BCUT2D eigenvalue weighted by atomic mass is 35.5. The maximum Gasteiger partial charge on any atom is 0.196 e. The maximum absolute atomic E-state index is 6.08. The number of hydrogen-bond donors (Lipinski definition) is 1. The first kappa shape index (κ1) is 13.0. The number of aliphatic imine (C=N–C) groups is 1. The Kier molecular flexibility index (Phi) is 3.36. The van der Waals surface area contributed by atoms with Gasteiger partial charge in [0, 0.05) is 10.7 Å². The van der Waals surface area contributed by atoms with E-state index >= 15 is 0 Å². The van der Waals surface area contributed by atoms with E-state index in [9.17, 15) is 0 Å². The SMILES string of the molecule is Cc1ccc(C2CN=C(N)N2c2cccc(Cl)c2)cc1. The van der Waals surface area contributed by atoms with Crippen LogP contribution in [0.2, 0.25) is 5.02 Å². The van der Waals surface area contributed by atoms with Crippen molar-refractivity contribution in [2.45, 2.75) is 13.0 Å². The smallest absolute Gasteiger partial charge is 0.196 e. The van der Waals surface area contributed by atoms with E-state index in [4.69, 9.17) is 17.3 Å². The molecule has 1 atom stereocenters. The van der Waals surface area contributed by atoms with Crippen LogP contribution in [-0.4, -0.2) is 12.5 Å². The van der Waals surface area contributed by atoms with Crippen LogP contribution >= 0.6 is 11.6 Å². The zero-order valence-electron chi connectivity index (χ0n) is 11.3. The van der Waals surface area contributed by atoms with Gasteiger partial charge in [0.25, 0.3) is 0 Å². The molecule has 0 spiro atoms. The van der Waals surface area contributed by atoms with Gasteiger partial charge in [0.15, 0.2) is 5.96 Å². The predicted octanol–water partition coefficient (Wildman–Crippen LogP) is 3.52. The lowest BCUT2D eigenvalue weighted by molar-refractivity contribution is 0.768. The number of anilines is 1. The van der Waals surface area contributed by atoms with Crippen molar-refractivity contribution in [2.75, 3.05) is 11.4 Å². The van der Waals surface area contributed by atoms with Crippen LogP contribution in [0.3, 0.4) is 0 Å². The van der Waals surface area contributed by atoms with Crippen LogP contribution in [0.25, 0.3) is 0 Å². The molecule has 0 fully saturated rings. The van der Waals surface area contributed by atoms with Gasteiger partial charge in [-0.3, -0.25) is 4.99 Å². The Morgan fingerprint density at radius 3 is 2.65 bits per heavy atom. The van der Waals surface area contributed by atoms with Gasteiger partial charge in [0.1, 0.15) is 0 Å². The largest absolute Gasteiger partial charge is 0.369 e. The summed E-state index contributed by atoms with van der Waals surface area (Å²) in [6, 6.07) is 16.3. The molecule has 1 aliphatic heterocycles. The summed E-state index contributed by atoms with van der Waals surface area (Å²) in [6.07, 6.45) is 0. The molecule has 102 valence electrons. The highest BCUT2D eigenvalue weighted by molar-refractivity contribution is 6.30. The van der Waals surface area contributed by atoms with Gasteiger partial charge in [-0.25, -0.2) is 0 Å². The fraction of sp³-hybridized carbons (Fsp3) is 0.188. The van der Waals surface area contributed by atoms with Gasteiger partial charge in [-0.05, 0) is 30.7 Å². The molecule has 1 unspecified atom stereocenters. The van der Waals surface area contributed by atoms with E-state index in [0.717, 1.165) is 5.69 Å². The van der Waals surface area contributed by atoms with Crippen molar-refractivity contribution in [3.05, 3.63) is 64.7 Å². The standard InChI is InChI=1S/C16H16ClN3/c1-11-5-7-12(8-6-11)15-10-19-16(18)20(15)14-4-2-3-13(17)9-14/h2-9,15H,10H2,1H3,(H2,18,19). The zero-order chi connectivity index (χ0) is 14.1. The number of nitrogens with two attached hydrogens (primary N) is 1. The molecule has 3 rings (SSSR count). The number of halogens is 1. The molecule has 0 saturated heterocycles. The Balaban J connectivity index is 1.98. The monoisotopic (exact) mass is 285 g/mol. The van der Waals surface area contributed by atoms with E-state index in [1.807, 2.05) is 29.2 Å². The average molecular weight is 286 g/mol. The van der Waals surface area contributed by atoms with Crippen molar-refractivity contribution in [3.63, 3.8) is 0 Å². The zero-order valence-corrected chi connectivity index (χ0v) is 12.0. The van der Waals surface area contributed by atoms with Crippen molar-refractivity contribution in [1.82, 2.24) is 0 Å². The normalized spacial score (nSPS) is 18.2. The predicted molar refractivity (Wildman–Crippen MR) is 84.3 cm³/mol. The van der Waals surface area contributed by atoms with Crippen molar-refractivity contribution in [2.24, 2.45) is 10.7 Å². The lowest BCUT2D eigenvalue weighted by Gasteiger charge is -2.26. The summed E-state index contributed by atoms with van der Waals surface area (Å²) >= 11 is 6.08. The van der Waals surface area contributed by atoms with Crippen LogP contribution < -0.4 is 10.6 Å². The van der Waals surface area contributed by atoms with Crippen LogP contribution in [0, 0.1) is 6.92 Å². The Morgan fingerprint density at radius 2 is 1.95 bits per heavy atom. The Bertz CT molecular complexity index is 649. The first-order valence-electron chi connectivity index (χ1n) is 6.56. The van der Waals surface area contributed by atoms with Crippen molar-refractivity contribution < 1.29 is 0 Å². The maximum atomic E-state index is 6.08.